The minimum absolute atomic E-state index is 0.0592. The van der Waals surface area contributed by atoms with E-state index in [2.05, 4.69) is 22.0 Å². The Kier molecular flexibility index (Phi) is 6.01. The molecule has 0 amide bonds. The molecule has 1 unspecified atom stereocenters. The smallest absolute Gasteiger partial charge is 0.306 e. The van der Waals surface area contributed by atoms with E-state index in [1.165, 1.54) is 0 Å². The molecule has 1 aliphatic rings. The molecule has 0 fully saturated rings. The lowest BCUT2D eigenvalue weighted by molar-refractivity contribution is 0.511. The SMILES string of the molecule is CCS(=O)(=O)[N+]1(c2cccc(Cc3ccccc3Br)c2)C=C(CN)C=CC1. The molecule has 0 aliphatic carbocycles. The van der Waals surface area contributed by atoms with Gasteiger partial charge >= 0.3 is 10.0 Å². The molecule has 0 bridgehead atoms. The van der Waals surface area contributed by atoms with Gasteiger partial charge < -0.3 is 5.73 Å². The second kappa shape index (κ2) is 8.10. The lowest BCUT2D eigenvalue weighted by atomic mass is 10.0. The minimum atomic E-state index is -3.43. The quantitative estimate of drug-likeness (QED) is 0.677. The van der Waals surface area contributed by atoms with Crippen molar-refractivity contribution in [1.82, 2.24) is 3.89 Å². The summed E-state index contributed by atoms with van der Waals surface area (Å²) < 4.78 is 27.1. The van der Waals surface area contributed by atoms with Gasteiger partial charge in [-0.3, -0.25) is 0 Å². The summed E-state index contributed by atoms with van der Waals surface area (Å²) in [6.07, 6.45) is 6.32. The van der Waals surface area contributed by atoms with E-state index < -0.39 is 10.0 Å². The molecule has 3 rings (SSSR count). The van der Waals surface area contributed by atoms with Gasteiger partial charge in [0.05, 0.1) is 5.75 Å². The fourth-order valence-electron chi connectivity index (χ4n) is 3.37. The second-order valence-electron chi connectivity index (χ2n) is 6.60. The minimum Gasteiger partial charge on any atom is -0.326 e. The van der Waals surface area contributed by atoms with Gasteiger partial charge in [0.25, 0.3) is 0 Å². The molecule has 142 valence electrons. The zero-order valence-corrected chi connectivity index (χ0v) is 17.7. The van der Waals surface area contributed by atoms with Crippen LogP contribution in [0.25, 0.3) is 0 Å². The highest BCUT2D eigenvalue weighted by Crippen LogP contribution is 2.34. The van der Waals surface area contributed by atoms with Crippen LogP contribution in [0.5, 0.6) is 0 Å². The number of sulfonamides is 1. The van der Waals surface area contributed by atoms with E-state index in [-0.39, 0.29) is 9.64 Å². The first kappa shape index (κ1) is 20.0. The van der Waals surface area contributed by atoms with Crippen molar-refractivity contribution in [2.45, 2.75) is 13.3 Å². The van der Waals surface area contributed by atoms with E-state index in [1.54, 1.807) is 13.1 Å². The Hall–Kier alpha value is -1.73. The van der Waals surface area contributed by atoms with Crippen molar-refractivity contribution in [3.63, 3.8) is 0 Å². The Balaban J connectivity index is 2.08. The van der Waals surface area contributed by atoms with E-state index in [4.69, 9.17) is 5.73 Å². The topological polar surface area (TPSA) is 60.2 Å². The van der Waals surface area contributed by atoms with Gasteiger partial charge in [0, 0.05) is 28.7 Å². The summed E-state index contributed by atoms with van der Waals surface area (Å²) in [5.41, 5.74) is 9.61. The largest absolute Gasteiger partial charge is 0.326 e. The van der Waals surface area contributed by atoms with Crippen LogP contribution in [0.4, 0.5) is 5.69 Å². The molecule has 4 nitrogen and oxygen atoms in total. The van der Waals surface area contributed by atoms with Crippen molar-refractivity contribution >= 4 is 31.6 Å². The summed E-state index contributed by atoms with van der Waals surface area (Å²) in [7, 11) is -3.43. The number of hydrogen-bond acceptors (Lipinski definition) is 3. The lowest BCUT2D eigenvalue weighted by Gasteiger charge is -2.34. The maximum Gasteiger partial charge on any atom is 0.306 e. The molecule has 0 saturated heterocycles. The molecular formula is C21H24BrN2O2S+. The van der Waals surface area contributed by atoms with Crippen LogP contribution in [0.3, 0.4) is 0 Å². The fourth-order valence-corrected chi connectivity index (χ4v) is 5.30. The number of nitrogens with two attached hydrogens (primary N) is 1. The molecule has 2 N–H and O–H groups in total. The van der Waals surface area contributed by atoms with Crippen LogP contribution in [0.15, 0.2) is 76.9 Å². The molecule has 6 heteroatoms. The molecule has 1 heterocycles. The summed E-state index contributed by atoms with van der Waals surface area (Å²) in [6, 6.07) is 15.9. The van der Waals surface area contributed by atoms with Crippen LogP contribution in [0, 0.1) is 0 Å². The predicted octanol–water partition coefficient (Wildman–Crippen LogP) is 4.11. The third-order valence-electron chi connectivity index (χ3n) is 4.88. The summed E-state index contributed by atoms with van der Waals surface area (Å²) in [5, 5.41) is 0. The number of rotatable bonds is 6. The van der Waals surface area contributed by atoms with E-state index in [1.807, 2.05) is 54.6 Å². The maximum absolute atomic E-state index is 13.1. The first-order valence-corrected chi connectivity index (χ1v) is 11.3. The zero-order chi connectivity index (χ0) is 19.5. The predicted molar refractivity (Wildman–Crippen MR) is 116 cm³/mol. The van der Waals surface area contributed by atoms with Gasteiger partial charge in [-0.2, -0.15) is 12.3 Å². The molecular weight excluding hydrogens is 424 g/mol. The zero-order valence-electron chi connectivity index (χ0n) is 15.3. The number of nitrogens with zero attached hydrogens (tertiary/aromatic N) is 1. The van der Waals surface area contributed by atoms with Crippen LogP contribution in [-0.4, -0.2) is 27.3 Å². The van der Waals surface area contributed by atoms with Crippen LogP contribution < -0.4 is 9.62 Å². The first-order valence-electron chi connectivity index (χ1n) is 8.94. The summed E-state index contributed by atoms with van der Waals surface area (Å²) in [6.45, 7) is 2.37. The molecule has 0 aromatic heterocycles. The maximum atomic E-state index is 13.1. The van der Waals surface area contributed by atoms with Crippen LogP contribution in [0.1, 0.15) is 18.1 Å². The number of hydrogen-bond donors (Lipinski definition) is 1. The standard InChI is InChI=1S/C21H24BrN2O2S/c1-2-27(25,26)24(12-6-8-18(15-23)16-24)20-10-5-7-17(14-20)13-19-9-3-4-11-21(19)22/h3-11,14,16H,2,12-13,15,23H2,1H3/q+1. The molecule has 0 radical (unpaired) electrons. The lowest BCUT2D eigenvalue weighted by Crippen LogP contribution is -2.51. The average molecular weight is 448 g/mol. The van der Waals surface area contributed by atoms with E-state index in [9.17, 15) is 8.42 Å². The Morgan fingerprint density at radius 3 is 2.63 bits per heavy atom. The third-order valence-corrected chi connectivity index (χ3v) is 7.84. The third kappa shape index (κ3) is 3.94. The highest BCUT2D eigenvalue weighted by atomic mass is 79.9. The number of quaternary nitrogens is 1. The molecule has 2 aromatic rings. The van der Waals surface area contributed by atoms with E-state index >= 15 is 0 Å². The molecule has 0 saturated carbocycles. The van der Waals surface area contributed by atoms with Gasteiger partial charge in [0.1, 0.15) is 12.7 Å². The Labute approximate surface area is 169 Å². The molecule has 1 atom stereocenters. The van der Waals surface area contributed by atoms with Crippen molar-refractivity contribution in [2.24, 2.45) is 5.73 Å². The van der Waals surface area contributed by atoms with E-state index in [0.717, 1.165) is 33.3 Å². The van der Waals surface area contributed by atoms with Crippen molar-refractivity contribution in [1.29, 1.82) is 0 Å². The summed E-state index contributed by atoms with van der Waals surface area (Å²) in [5.74, 6) is 0.0592. The van der Waals surface area contributed by atoms with Gasteiger partial charge in [-0.25, -0.2) is 0 Å². The Morgan fingerprint density at radius 2 is 1.93 bits per heavy atom. The average Bonchev–Trinajstić information content (AvgIpc) is 2.70. The highest BCUT2D eigenvalue weighted by Gasteiger charge is 2.42. The van der Waals surface area contributed by atoms with Gasteiger partial charge in [-0.15, -0.1) is 0 Å². The monoisotopic (exact) mass is 447 g/mol. The van der Waals surface area contributed by atoms with Gasteiger partial charge in [-0.1, -0.05) is 52.3 Å². The van der Waals surface area contributed by atoms with Crippen molar-refractivity contribution in [3.8, 4) is 0 Å². The number of benzene rings is 2. The second-order valence-corrected chi connectivity index (χ2v) is 9.84. The van der Waals surface area contributed by atoms with Crippen LogP contribution >= 0.6 is 15.9 Å². The van der Waals surface area contributed by atoms with E-state index in [0.29, 0.717) is 13.1 Å². The number of halogens is 1. The van der Waals surface area contributed by atoms with Crippen LogP contribution in [0.2, 0.25) is 0 Å². The fraction of sp³-hybridized carbons (Fsp3) is 0.238. The molecule has 1 aliphatic heterocycles. The molecule has 27 heavy (non-hydrogen) atoms. The summed E-state index contributed by atoms with van der Waals surface area (Å²) >= 11 is 3.59. The highest BCUT2D eigenvalue weighted by molar-refractivity contribution is 9.10. The first-order chi connectivity index (χ1) is 12.9. The van der Waals surface area contributed by atoms with Crippen LogP contribution in [-0.2, 0) is 16.4 Å². The van der Waals surface area contributed by atoms with Gasteiger partial charge in [0.2, 0.25) is 0 Å². The van der Waals surface area contributed by atoms with Gasteiger partial charge in [0.15, 0.2) is 5.69 Å². The normalized spacial score (nSPS) is 19.7. The van der Waals surface area contributed by atoms with Crippen molar-refractivity contribution in [2.75, 3.05) is 18.8 Å². The summed E-state index contributed by atoms with van der Waals surface area (Å²) in [4.78, 5) is 0. The molecule has 2 aromatic carbocycles. The van der Waals surface area contributed by atoms with Gasteiger partial charge in [-0.05, 0) is 36.6 Å². The van der Waals surface area contributed by atoms with Crippen molar-refractivity contribution < 1.29 is 8.42 Å². The van der Waals surface area contributed by atoms with Crippen molar-refractivity contribution in [3.05, 3.63) is 88.1 Å². The molecule has 0 spiro atoms. The Bertz CT molecular complexity index is 999. The Morgan fingerprint density at radius 1 is 1.15 bits per heavy atom.